The van der Waals surface area contributed by atoms with Crippen molar-refractivity contribution in [3.05, 3.63) is 35.9 Å². The Bertz CT molecular complexity index is 427. The standard InChI is InChI=1S/C14H18N2O2/c1-15-7-9-16(10-8-15)14(17)13-12(18-13)11-5-3-2-4-6-11/h2-6,12-13H,7-10H2,1H3/t12-,13-/m0/s1. The molecule has 3 rings (SSSR count). The van der Waals surface area contributed by atoms with Gasteiger partial charge in [-0.05, 0) is 12.6 Å². The van der Waals surface area contributed by atoms with Crippen molar-refractivity contribution in [2.24, 2.45) is 0 Å². The van der Waals surface area contributed by atoms with Crippen LogP contribution in [0, 0.1) is 0 Å². The van der Waals surface area contributed by atoms with Gasteiger partial charge in [0.15, 0.2) is 6.10 Å². The summed E-state index contributed by atoms with van der Waals surface area (Å²) in [7, 11) is 2.09. The lowest BCUT2D eigenvalue weighted by Crippen LogP contribution is -2.48. The minimum Gasteiger partial charge on any atom is -0.354 e. The molecule has 2 heterocycles. The summed E-state index contributed by atoms with van der Waals surface area (Å²) in [6.07, 6.45) is -0.283. The first-order valence-electron chi connectivity index (χ1n) is 6.43. The second-order valence-electron chi connectivity index (χ2n) is 5.02. The largest absolute Gasteiger partial charge is 0.354 e. The van der Waals surface area contributed by atoms with E-state index < -0.39 is 0 Å². The summed E-state index contributed by atoms with van der Waals surface area (Å²) in [6, 6.07) is 9.97. The van der Waals surface area contributed by atoms with Crippen molar-refractivity contribution in [1.82, 2.24) is 9.80 Å². The topological polar surface area (TPSA) is 36.1 Å². The molecule has 1 amide bonds. The number of epoxide rings is 1. The first kappa shape index (κ1) is 11.7. The van der Waals surface area contributed by atoms with Crippen LogP contribution in [0.3, 0.4) is 0 Å². The average Bonchev–Trinajstić information content (AvgIpc) is 3.20. The predicted molar refractivity (Wildman–Crippen MR) is 68.1 cm³/mol. The molecule has 2 aliphatic heterocycles. The Morgan fingerprint density at radius 2 is 1.83 bits per heavy atom. The van der Waals surface area contributed by atoms with Crippen molar-refractivity contribution in [1.29, 1.82) is 0 Å². The third-order valence-electron chi connectivity index (χ3n) is 3.68. The minimum absolute atomic E-state index is 0.0293. The number of ether oxygens (including phenoxy) is 1. The predicted octanol–water partition coefficient (Wildman–Crippen LogP) is 0.900. The number of benzene rings is 1. The summed E-state index contributed by atoms with van der Waals surface area (Å²) >= 11 is 0. The molecular formula is C14H18N2O2. The van der Waals surface area contributed by atoms with Crippen molar-refractivity contribution >= 4 is 5.91 Å². The van der Waals surface area contributed by atoms with Gasteiger partial charge in [-0.15, -0.1) is 0 Å². The Kier molecular flexibility index (Phi) is 3.06. The van der Waals surface area contributed by atoms with Crippen LogP contribution >= 0.6 is 0 Å². The van der Waals surface area contributed by atoms with Gasteiger partial charge in [-0.1, -0.05) is 30.3 Å². The molecule has 0 radical (unpaired) electrons. The van der Waals surface area contributed by atoms with E-state index in [1.807, 2.05) is 35.2 Å². The van der Waals surface area contributed by atoms with E-state index in [-0.39, 0.29) is 18.1 Å². The Morgan fingerprint density at radius 1 is 1.17 bits per heavy atom. The van der Waals surface area contributed by atoms with Gasteiger partial charge in [0.1, 0.15) is 6.10 Å². The molecule has 1 aromatic rings. The summed E-state index contributed by atoms with van der Waals surface area (Å²) in [5, 5.41) is 0. The number of hydrogen-bond acceptors (Lipinski definition) is 3. The fourth-order valence-electron chi connectivity index (χ4n) is 2.40. The van der Waals surface area contributed by atoms with E-state index in [9.17, 15) is 4.79 Å². The van der Waals surface area contributed by atoms with Crippen LogP contribution in [0.1, 0.15) is 11.7 Å². The van der Waals surface area contributed by atoms with E-state index in [1.54, 1.807) is 0 Å². The molecule has 96 valence electrons. The van der Waals surface area contributed by atoms with Crippen molar-refractivity contribution < 1.29 is 9.53 Å². The summed E-state index contributed by atoms with van der Waals surface area (Å²) in [5.41, 5.74) is 1.10. The number of piperazine rings is 1. The summed E-state index contributed by atoms with van der Waals surface area (Å²) in [4.78, 5) is 16.4. The molecule has 0 saturated carbocycles. The van der Waals surface area contributed by atoms with Crippen molar-refractivity contribution in [3.8, 4) is 0 Å². The second kappa shape index (κ2) is 4.71. The van der Waals surface area contributed by atoms with Crippen molar-refractivity contribution in [2.75, 3.05) is 33.2 Å². The molecule has 2 aliphatic rings. The van der Waals surface area contributed by atoms with Gasteiger partial charge in [0.2, 0.25) is 0 Å². The van der Waals surface area contributed by atoms with Gasteiger partial charge in [-0.3, -0.25) is 4.79 Å². The number of likely N-dealkylation sites (N-methyl/N-ethyl adjacent to an activating group) is 1. The van der Waals surface area contributed by atoms with E-state index in [4.69, 9.17) is 4.74 Å². The van der Waals surface area contributed by atoms with E-state index in [0.717, 1.165) is 31.7 Å². The van der Waals surface area contributed by atoms with E-state index >= 15 is 0 Å². The van der Waals surface area contributed by atoms with Crippen LogP contribution in [0.2, 0.25) is 0 Å². The maximum absolute atomic E-state index is 12.2. The van der Waals surface area contributed by atoms with Crippen LogP contribution < -0.4 is 0 Å². The molecule has 18 heavy (non-hydrogen) atoms. The summed E-state index contributed by atoms with van der Waals surface area (Å²) < 4.78 is 5.54. The fourth-order valence-corrected chi connectivity index (χ4v) is 2.40. The highest BCUT2D eigenvalue weighted by Gasteiger charge is 2.47. The van der Waals surface area contributed by atoms with Crippen LogP contribution in [-0.2, 0) is 9.53 Å². The van der Waals surface area contributed by atoms with Gasteiger partial charge >= 0.3 is 0 Å². The van der Waals surface area contributed by atoms with Crippen molar-refractivity contribution in [3.63, 3.8) is 0 Å². The zero-order valence-corrected chi connectivity index (χ0v) is 10.6. The third kappa shape index (κ3) is 2.26. The number of amides is 1. The third-order valence-corrected chi connectivity index (χ3v) is 3.68. The SMILES string of the molecule is CN1CCN(C(=O)[C@H]2O[C@H]2c2ccccc2)CC1. The molecule has 0 aromatic heterocycles. The number of nitrogens with zero attached hydrogens (tertiary/aromatic N) is 2. The van der Waals surface area contributed by atoms with Gasteiger partial charge in [0, 0.05) is 26.2 Å². The molecule has 0 N–H and O–H groups in total. The van der Waals surface area contributed by atoms with E-state index in [2.05, 4.69) is 11.9 Å². The molecule has 2 atom stereocenters. The fraction of sp³-hybridized carbons (Fsp3) is 0.500. The Labute approximate surface area is 107 Å². The highest BCUT2D eigenvalue weighted by atomic mass is 16.6. The lowest BCUT2D eigenvalue weighted by atomic mass is 10.1. The number of carbonyl (C=O) groups excluding carboxylic acids is 1. The maximum Gasteiger partial charge on any atom is 0.254 e. The molecule has 0 aliphatic carbocycles. The van der Waals surface area contributed by atoms with Gasteiger partial charge in [-0.25, -0.2) is 0 Å². The first-order chi connectivity index (χ1) is 8.75. The Hall–Kier alpha value is -1.39. The molecule has 2 saturated heterocycles. The van der Waals surface area contributed by atoms with Gasteiger partial charge in [-0.2, -0.15) is 0 Å². The number of carbonyl (C=O) groups is 1. The summed E-state index contributed by atoms with van der Waals surface area (Å²) in [6.45, 7) is 3.54. The molecule has 1 aromatic carbocycles. The normalized spacial score (nSPS) is 28.2. The highest BCUT2D eigenvalue weighted by Crippen LogP contribution is 2.39. The molecular weight excluding hydrogens is 228 g/mol. The molecule has 0 spiro atoms. The lowest BCUT2D eigenvalue weighted by Gasteiger charge is -2.32. The molecule has 2 fully saturated rings. The van der Waals surface area contributed by atoms with Crippen LogP contribution in [0.5, 0.6) is 0 Å². The van der Waals surface area contributed by atoms with Crippen LogP contribution in [0.25, 0.3) is 0 Å². The Morgan fingerprint density at radius 3 is 2.50 bits per heavy atom. The molecule has 0 unspecified atom stereocenters. The van der Waals surface area contributed by atoms with Crippen LogP contribution in [0.15, 0.2) is 30.3 Å². The molecule has 4 nitrogen and oxygen atoms in total. The van der Waals surface area contributed by atoms with Gasteiger partial charge < -0.3 is 14.5 Å². The number of rotatable bonds is 2. The number of hydrogen-bond donors (Lipinski definition) is 0. The monoisotopic (exact) mass is 246 g/mol. The van der Waals surface area contributed by atoms with E-state index in [0.29, 0.717) is 0 Å². The maximum atomic E-state index is 12.2. The lowest BCUT2D eigenvalue weighted by molar-refractivity contribution is -0.134. The highest BCUT2D eigenvalue weighted by molar-refractivity contribution is 5.84. The first-order valence-corrected chi connectivity index (χ1v) is 6.43. The van der Waals surface area contributed by atoms with E-state index in [1.165, 1.54) is 0 Å². The molecule has 4 heteroatoms. The van der Waals surface area contributed by atoms with Crippen molar-refractivity contribution in [2.45, 2.75) is 12.2 Å². The molecule has 0 bridgehead atoms. The van der Waals surface area contributed by atoms with Gasteiger partial charge in [0.25, 0.3) is 5.91 Å². The average molecular weight is 246 g/mol. The Balaban J connectivity index is 1.59. The van der Waals surface area contributed by atoms with Crippen LogP contribution in [0.4, 0.5) is 0 Å². The van der Waals surface area contributed by atoms with Crippen LogP contribution in [-0.4, -0.2) is 55.0 Å². The smallest absolute Gasteiger partial charge is 0.254 e. The summed E-state index contributed by atoms with van der Waals surface area (Å²) in [5.74, 6) is 0.150. The van der Waals surface area contributed by atoms with Gasteiger partial charge in [0.05, 0.1) is 0 Å². The minimum atomic E-state index is -0.254. The zero-order valence-electron chi connectivity index (χ0n) is 10.6. The second-order valence-corrected chi connectivity index (χ2v) is 5.02. The zero-order chi connectivity index (χ0) is 12.5. The quantitative estimate of drug-likeness (QED) is 0.727.